The van der Waals surface area contributed by atoms with Crippen molar-refractivity contribution in [1.82, 2.24) is 0 Å². The van der Waals surface area contributed by atoms with Crippen LogP contribution in [0.2, 0.25) is 0 Å². The summed E-state index contributed by atoms with van der Waals surface area (Å²) in [6, 6.07) is 0. The molecule has 0 aromatic carbocycles. The van der Waals surface area contributed by atoms with Gasteiger partial charge in [0.15, 0.2) is 0 Å². The number of rotatable bonds is 5. The number of nitrogens with zero attached hydrogens (tertiary/aromatic N) is 1. The first-order valence-electron chi connectivity index (χ1n) is 5.96. The Labute approximate surface area is 98.6 Å². The van der Waals surface area contributed by atoms with Gasteiger partial charge >= 0.3 is 0 Å². The van der Waals surface area contributed by atoms with E-state index in [0.29, 0.717) is 6.54 Å². The van der Waals surface area contributed by atoms with Gasteiger partial charge in [-0.05, 0) is 51.2 Å². The highest BCUT2D eigenvalue weighted by Crippen LogP contribution is 2.36. The first-order valence-corrected chi connectivity index (χ1v) is 5.96. The van der Waals surface area contributed by atoms with E-state index < -0.39 is 0 Å². The summed E-state index contributed by atoms with van der Waals surface area (Å²) in [4.78, 5) is 4.44. The van der Waals surface area contributed by atoms with Gasteiger partial charge in [-0.1, -0.05) is 18.2 Å². The minimum Gasteiger partial charge on any atom is -0.325 e. The van der Waals surface area contributed by atoms with Gasteiger partial charge in [0.2, 0.25) is 0 Å². The van der Waals surface area contributed by atoms with Gasteiger partial charge in [-0.15, -0.1) is 0 Å². The zero-order valence-electron chi connectivity index (χ0n) is 10.5. The Hall–Kier alpha value is -1.15. The quantitative estimate of drug-likeness (QED) is 0.558. The molecule has 16 heavy (non-hydrogen) atoms. The van der Waals surface area contributed by atoms with Gasteiger partial charge in [-0.25, -0.2) is 0 Å². The van der Waals surface area contributed by atoms with Gasteiger partial charge in [0.05, 0.1) is 0 Å². The molecule has 2 heteroatoms. The lowest BCUT2D eigenvalue weighted by molar-refractivity contribution is 1.04. The first-order chi connectivity index (χ1) is 7.71. The molecule has 2 nitrogen and oxygen atoms in total. The van der Waals surface area contributed by atoms with Crippen LogP contribution in [0.4, 0.5) is 0 Å². The molecule has 0 aliphatic heterocycles. The minimum absolute atomic E-state index is 0.501. The van der Waals surface area contributed by atoms with Crippen molar-refractivity contribution in [2.75, 3.05) is 6.54 Å². The van der Waals surface area contributed by atoms with Crippen LogP contribution in [-0.4, -0.2) is 12.3 Å². The summed E-state index contributed by atoms with van der Waals surface area (Å²) in [5.41, 5.74) is 8.95. The normalized spacial score (nSPS) is 19.6. The molecule has 0 heterocycles. The van der Waals surface area contributed by atoms with Gasteiger partial charge in [-0.3, -0.25) is 4.99 Å². The van der Waals surface area contributed by atoms with Crippen LogP contribution in [0.1, 0.15) is 33.6 Å². The third-order valence-corrected chi connectivity index (χ3v) is 2.76. The van der Waals surface area contributed by atoms with E-state index in [1.54, 1.807) is 0 Å². The molecule has 88 valence electrons. The molecule has 0 radical (unpaired) electrons. The maximum absolute atomic E-state index is 5.56. The molecule has 0 bridgehead atoms. The topological polar surface area (TPSA) is 38.4 Å². The standard InChI is InChI=1S/C14H22N2/c1-4-12(13-8-9-13)7-6-11(3)16-14(5-2)10-15/h4-7,13H,8-10,15H2,1-3H3/b7-6-,12-4+,14-5-,16-11-. The molecule has 0 aromatic heterocycles. The number of hydrogen-bond donors (Lipinski definition) is 1. The molecular weight excluding hydrogens is 196 g/mol. The number of hydrogen-bond acceptors (Lipinski definition) is 2. The van der Waals surface area contributed by atoms with E-state index in [2.05, 4.69) is 30.1 Å². The Bertz CT molecular complexity index is 342. The molecule has 0 spiro atoms. The second-order valence-electron chi connectivity index (χ2n) is 4.13. The van der Waals surface area contributed by atoms with Gasteiger partial charge in [0.25, 0.3) is 0 Å². The predicted octanol–water partition coefficient (Wildman–Crippen LogP) is 3.22. The molecule has 1 aliphatic carbocycles. The van der Waals surface area contributed by atoms with Gasteiger partial charge in [-0.2, -0.15) is 0 Å². The lowest BCUT2D eigenvalue weighted by Crippen LogP contribution is -2.02. The zero-order valence-corrected chi connectivity index (χ0v) is 10.5. The highest BCUT2D eigenvalue weighted by atomic mass is 14.8. The lowest BCUT2D eigenvalue weighted by Gasteiger charge is -1.99. The average molecular weight is 218 g/mol. The van der Waals surface area contributed by atoms with Crippen molar-refractivity contribution in [3.05, 3.63) is 35.6 Å². The summed E-state index contributed by atoms with van der Waals surface area (Å²) < 4.78 is 0. The van der Waals surface area contributed by atoms with Crippen molar-refractivity contribution in [2.24, 2.45) is 16.6 Å². The van der Waals surface area contributed by atoms with E-state index in [1.165, 1.54) is 18.4 Å². The Morgan fingerprint density at radius 2 is 1.94 bits per heavy atom. The second kappa shape index (κ2) is 6.44. The summed E-state index contributed by atoms with van der Waals surface area (Å²) in [7, 11) is 0. The SMILES string of the molecule is C\C=C(CN)/N=C(C)\C=C/C(=C\C)C1CC1. The van der Waals surface area contributed by atoms with Crippen LogP contribution in [0.3, 0.4) is 0 Å². The zero-order chi connectivity index (χ0) is 12.0. The number of allylic oxidation sites excluding steroid dienone is 5. The molecule has 0 unspecified atom stereocenters. The summed E-state index contributed by atoms with van der Waals surface area (Å²) in [6.07, 6.45) is 11.1. The Morgan fingerprint density at radius 1 is 1.25 bits per heavy atom. The van der Waals surface area contributed by atoms with E-state index in [-0.39, 0.29) is 0 Å². The largest absolute Gasteiger partial charge is 0.325 e. The van der Waals surface area contributed by atoms with E-state index in [9.17, 15) is 0 Å². The molecule has 0 amide bonds. The van der Waals surface area contributed by atoms with Crippen LogP contribution < -0.4 is 5.73 Å². The molecule has 0 saturated heterocycles. The highest BCUT2D eigenvalue weighted by Gasteiger charge is 2.23. The predicted molar refractivity (Wildman–Crippen MR) is 71.5 cm³/mol. The van der Waals surface area contributed by atoms with Crippen LogP contribution in [0.5, 0.6) is 0 Å². The molecule has 0 atom stereocenters. The molecule has 1 fully saturated rings. The molecular formula is C14H22N2. The van der Waals surface area contributed by atoms with Gasteiger partial charge in [0.1, 0.15) is 0 Å². The second-order valence-corrected chi connectivity index (χ2v) is 4.13. The van der Waals surface area contributed by atoms with E-state index in [1.807, 2.05) is 19.9 Å². The van der Waals surface area contributed by atoms with Crippen LogP contribution in [0.15, 0.2) is 40.6 Å². The molecule has 1 aliphatic rings. The Kier molecular flexibility index (Phi) is 5.20. The van der Waals surface area contributed by atoms with Crippen LogP contribution in [0, 0.1) is 5.92 Å². The summed E-state index contributed by atoms with van der Waals surface area (Å²) >= 11 is 0. The lowest BCUT2D eigenvalue weighted by atomic mass is 10.1. The fraction of sp³-hybridized carbons (Fsp3) is 0.500. The average Bonchev–Trinajstić information content (AvgIpc) is 3.11. The fourth-order valence-electron chi connectivity index (χ4n) is 1.59. The van der Waals surface area contributed by atoms with Gasteiger partial charge < -0.3 is 5.73 Å². The van der Waals surface area contributed by atoms with Crippen LogP contribution in [0.25, 0.3) is 0 Å². The number of aliphatic imine (C=N–C) groups is 1. The van der Waals surface area contributed by atoms with Crippen molar-refractivity contribution in [1.29, 1.82) is 0 Å². The Morgan fingerprint density at radius 3 is 2.38 bits per heavy atom. The van der Waals surface area contributed by atoms with E-state index in [4.69, 9.17) is 5.73 Å². The summed E-state index contributed by atoms with van der Waals surface area (Å²) in [5, 5.41) is 0. The smallest absolute Gasteiger partial charge is 0.0500 e. The van der Waals surface area contributed by atoms with Crippen molar-refractivity contribution >= 4 is 5.71 Å². The molecule has 0 aromatic rings. The molecule has 1 saturated carbocycles. The van der Waals surface area contributed by atoms with Crippen molar-refractivity contribution in [3.63, 3.8) is 0 Å². The summed E-state index contributed by atoms with van der Waals surface area (Å²) in [5.74, 6) is 0.796. The monoisotopic (exact) mass is 218 g/mol. The van der Waals surface area contributed by atoms with Gasteiger partial charge in [0, 0.05) is 18.0 Å². The third-order valence-electron chi connectivity index (χ3n) is 2.76. The van der Waals surface area contributed by atoms with Crippen LogP contribution in [-0.2, 0) is 0 Å². The third kappa shape index (κ3) is 4.15. The van der Waals surface area contributed by atoms with E-state index >= 15 is 0 Å². The van der Waals surface area contributed by atoms with Crippen molar-refractivity contribution in [2.45, 2.75) is 33.6 Å². The fourth-order valence-corrected chi connectivity index (χ4v) is 1.59. The van der Waals surface area contributed by atoms with Crippen LogP contribution >= 0.6 is 0 Å². The summed E-state index contributed by atoms with van der Waals surface area (Å²) in [6.45, 7) is 6.57. The minimum atomic E-state index is 0.501. The van der Waals surface area contributed by atoms with Crippen molar-refractivity contribution < 1.29 is 0 Å². The maximum atomic E-state index is 5.56. The Balaban J connectivity index is 2.61. The van der Waals surface area contributed by atoms with Crippen molar-refractivity contribution in [3.8, 4) is 0 Å². The number of nitrogens with two attached hydrogens (primary N) is 1. The molecule has 2 N–H and O–H groups in total. The highest BCUT2D eigenvalue weighted by molar-refractivity contribution is 5.93. The first kappa shape index (κ1) is 12.9. The van der Waals surface area contributed by atoms with E-state index in [0.717, 1.165) is 17.3 Å². The molecule has 1 rings (SSSR count). The maximum Gasteiger partial charge on any atom is 0.0500 e.